The molecule has 0 bridgehead atoms. The van der Waals surface area contributed by atoms with Crippen molar-refractivity contribution in [1.82, 2.24) is 10.6 Å². The summed E-state index contributed by atoms with van der Waals surface area (Å²) in [5.41, 5.74) is 0. The molecule has 0 aliphatic rings. The number of guanidine groups is 1. The Kier molecular flexibility index (Phi) is 9.48. The van der Waals surface area contributed by atoms with Gasteiger partial charge in [-0.05, 0) is 0 Å². The van der Waals surface area contributed by atoms with Gasteiger partial charge in [-0.1, -0.05) is 13.8 Å². The number of aliphatic imine (C=N–C) groups is 1. The quantitative estimate of drug-likeness (QED) is 0.422. The van der Waals surface area contributed by atoms with Crippen molar-refractivity contribution in [1.29, 1.82) is 0 Å². The summed E-state index contributed by atoms with van der Waals surface area (Å²) in [7, 11) is 1.47. The molecule has 2 amide bonds. The summed E-state index contributed by atoms with van der Waals surface area (Å²) < 4.78 is 0. The first-order valence-corrected chi connectivity index (χ1v) is 4.08. The molecule has 5 heteroatoms. The van der Waals surface area contributed by atoms with E-state index in [2.05, 4.69) is 15.6 Å². The summed E-state index contributed by atoms with van der Waals surface area (Å²) in [6.45, 7) is 6.68. The third-order valence-corrected chi connectivity index (χ3v) is 0.812. The van der Waals surface area contributed by atoms with Crippen molar-refractivity contribution in [2.45, 2.75) is 27.7 Å². The molecule has 0 aliphatic carbocycles. The van der Waals surface area contributed by atoms with E-state index in [0.717, 1.165) is 0 Å². The van der Waals surface area contributed by atoms with Crippen molar-refractivity contribution in [3.8, 4) is 0 Å². The van der Waals surface area contributed by atoms with E-state index in [9.17, 15) is 9.59 Å². The van der Waals surface area contributed by atoms with E-state index in [4.69, 9.17) is 0 Å². The highest BCUT2D eigenvalue weighted by Crippen LogP contribution is 1.68. The summed E-state index contributed by atoms with van der Waals surface area (Å²) >= 11 is 0. The van der Waals surface area contributed by atoms with Crippen LogP contribution in [0.5, 0.6) is 0 Å². The topological polar surface area (TPSA) is 70.6 Å². The summed E-state index contributed by atoms with van der Waals surface area (Å²) in [4.78, 5) is 24.5. The second-order valence-electron chi connectivity index (χ2n) is 1.93. The maximum atomic E-state index is 10.5. The lowest BCUT2D eigenvalue weighted by atomic mass is 10.6. The van der Waals surface area contributed by atoms with Gasteiger partial charge in [-0.25, -0.2) is 0 Å². The van der Waals surface area contributed by atoms with Crippen molar-refractivity contribution in [2.75, 3.05) is 7.05 Å². The third kappa shape index (κ3) is 10.6. The van der Waals surface area contributed by atoms with Crippen molar-refractivity contribution >= 4 is 17.8 Å². The Morgan fingerprint density at radius 3 is 1.46 bits per heavy atom. The van der Waals surface area contributed by atoms with Crippen LogP contribution in [0.3, 0.4) is 0 Å². The Balaban J connectivity index is 0. The van der Waals surface area contributed by atoms with Gasteiger partial charge >= 0.3 is 0 Å². The Morgan fingerprint density at radius 1 is 1.00 bits per heavy atom. The van der Waals surface area contributed by atoms with E-state index in [-0.39, 0.29) is 17.8 Å². The molecule has 0 atom stereocenters. The van der Waals surface area contributed by atoms with Gasteiger partial charge in [0.25, 0.3) is 0 Å². The Hall–Kier alpha value is -1.39. The van der Waals surface area contributed by atoms with Crippen LogP contribution in [-0.2, 0) is 9.59 Å². The number of carbonyl (C=O) groups is 2. The zero-order valence-corrected chi connectivity index (χ0v) is 8.76. The van der Waals surface area contributed by atoms with Crippen LogP contribution in [0.4, 0.5) is 0 Å². The number of rotatable bonds is 0. The minimum absolute atomic E-state index is 0.171. The molecule has 0 unspecified atom stereocenters. The van der Waals surface area contributed by atoms with Crippen molar-refractivity contribution < 1.29 is 9.59 Å². The molecule has 0 aromatic heterocycles. The molecule has 0 heterocycles. The molecular weight excluding hydrogens is 170 g/mol. The van der Waals surface area contributed by atoms with Crippen LogP contribution in [-0.4, -0.2) is 24.8 Å². The molecule has 0 spiro atoms. The van der Waals surface area contributed by atoms with Gasteiger partial charge in [0.05, 0.1) is 0 Å². The van der Waals surface area contributed by atoms with Crippen molar-refractivity contribution in [3.05, 3.63) is 0 Å². The van der Waals surface area contributed by atoms with E-state index < -0.39 is 0 Å². The van der Waals surface area contributed by atoms with Crippen LogP contribution < -0.4 is 10.6 Å². The van der Waals surface area contributed by atoms with Crippen LogP contribution in [0.25, 0.3) is 0 Å². The lowest BCUT2D eigenvalue weighted by molar-refractivity contribution is -0.117. The monoisotopic (exact) mass is 187 g/mol. The molecule has 0 radical (unpaired) electrons. The molecule has 0 aromatic carbocycles. The van der Waals surface area contributed by atoms with Crippen molar-refractivity contribution in [2.24, 2.45) is 4.99 Å². The summed E-state index contributed by atoms with van der Waals surface area (Å²) in [6.07, 6.45) is 0. The molecule has 0 aliphatic heterocycles. The van der Waals surface area contributed by atoms with E-state index in [0.29, 0.717) is 0 Å². The summed E-state index contributed by atoms with van der Waals surface area (Å²) in [5, 5.41) is 4.68. The van der Waals surface area contributed by atoms with Gasteiger partial charge < -0.3 is 0 Å². The zero-order chi connectivity index (χ0) is 10.9. The first-order chi connectivity index (χ1) is 6.06. The molecule has 13 heavy (non-hydrogen) atoms. The standard InChI is InChI=1S/C6H11N3O2.C2H6/c1-4(10)8-6(7-3)9-5(2)11;1-2/h1-3H3,(H2,7,8,9,10,11);1-2H3. The molecule has 0 rings (SSSR count). The van der Waals surface area contributed by atoms with E-state index in [1.807, 2.05) is 13.8 Å². The van der Waals surface area contributed by atoms with E-state index in [1.54, 1.807) is 0 Å². The number of nitrogens with zero attached hydrogens (tertiary/aromatic N) is 1. The lowest BCUT2D eigenvalue weighted by Gasteiger charge is -2.04. The van der Waals surface area contributed by atoms with Gasteiger partial charge in [-0.3, -0.25) is 25.2 Å². The lowest BCUT2D eigenvalue weighted by Crippen LogP contribution is -2.41. The number of hydrogen-bond acceptors (Lipinski definition) is 3. The van der Waals surface area contributed by atoms with Gasteiger partial charge in [0, 0.05) is 20.9 Å². The van der Waals surface area contributed by atoms with Crippen LogP contribution >= 0.6 is 0 Å². The predicted octanol–water partition coefficient (Wildman–Crippen LogP) is 0.271. The highest BCUT2D eigenvalue weighted by atomic mass is 16.2. The maximum Gasteiger partial charge on any atom is 0.223 e. The van der Waals surface area contributed by atoms with Crippen molar-refractivity contribution in [3.63, 3.8) is 0 Å². The second-order valence-corrected chi connectivity index (χ2v) is 1.93. The van der Waals surface area contributed by atoms with Crippen LogP contribution in [0.1, 0.15) is 27.7 Å². The molecule has 2 N–H and O–H groups in total. The normalized spacial score (nSPS) is 7.46. The fourth-order valence-electron chi connectivity index (χ4n) is 0.477. The Morgan fingerprint density at radius 2 is 1.31 bits per heavy atom. The number of hydrogen-bond donors (Lipinski definition) is 2. The number of nitrogens with one attached hydrogen (secondary N) is 2. The molecule has 5 nitrogen and oxygen atoms in total. The largest absolute Gasteiger partial charge is 0.297 e. The zero-order valence-electron chi connectivity index (χ0n) is 8.76. The number of amides is 2. The smallest absolute Gasteiger partial charge is 0.223 e. The Bertz CT molecular complexity index is 182. The highest BCUT2D eigenvalue weighted by molar-refractivity contribution is 6.03. The minimum Gasteiger partial charge on any atom is -0.297 e. The van der Waals surface area contributed by atoms with Crippen LogP contribution in [0, 0.1) is 0 Å². The maximum absolute atomic E-state index is 10.5. The molecule has 0 saturated carbocycles. The van der Waals surface area contributed by atoms with Gasteiger partial charge in [-0.2, -0.15) is 0 Å². The first-order valence-electron chi connectivity index (χ1n) is 4.08. The van der Waals surface area contributed by atoms with Gasteiger partial charge in [0.15, 0.2) is 0 Å². The summed E-state index contributed by atoms with van der Waals surface area (Å²) in [5.74, 6) is -0.358. The fourth-order valence-corrected chi connectivity index (χ4v) is 0.477. The van der Waals surface area contributed by atoms with Gasteiger partial charge in [-0.15, -0.1) is 0 Å². The Labute approximate surface area is 78.6 Å². The molecule has 0 saturated heterocycles. The molecular formula is C8H17N3O2. The average Bonchev–Trinajstić information content (AvgIpc) is 2.05. The fraction of sp³-hybridized carbons (Fsp3) is 0.625. The molecule has 76 valence electrons. The number of carbonyl (C=O) groups excluding carboxylic acids is 2. The van der Waals surface area contributed by atoms with Crippen LogP contribution in [0.15, 0.2) is 4.99 Å². The predicted molar refractivity (Wildman–Crippen MR) is 52.3 cm³/mol. The highest BCUT2D eigenvalue weighted by Gasteiger charge is 2.00. The average molecular weight is 187 g/mol. The van der Waals surface area contributed by atoms with Gasteiger partial charge in [0.1, 0.15) is 0 Å². The van der Waals surface area contributed by atoms with E-state index >= 15 is 0 Å². The minimum atomic E-state index is -0.264. The van der Waals surface area contributed by atoms with Crippen LogP contribution in [0.2, 0.25) is 0 Å². The SMILES string of the molecule is CC.CN=C(NC(C)=O)NC(C)=O. The first kappa shape index (κ1) is 14.2. The van der Waals surface area contributed by atoms with Gasteiger partial charge in [0.2, 0.25) is 17.8 Å². The van der Waals surface area contributed by atoms with E-state index in [1.165, 1.54) is 20.9 Å². The summed E-state index contributed by atoms with van der Waals surface area (Å²) in [6, 6.07) is 0. The molecule has 0 fully saturated rings. The second kappa shape index (κ2) is 8.70. The third-order valence-electron chi connectivity index (χ3n) is 0.812. The molecule has 0 aromatic rings.